The highest BCUT2D eigenvalue weighted by Crippen LogP contribution is 2.29. The van der Waals surface area contributed by atoms with Crippen LogP contribution < -0.4 is 4.74 Å². The van der Waals surface area contributed by atoms with Crippen LogP contribution in [0.2, 0.25) is 0 Å². The number of nitrogens with zero attached hydrogens (tertiary/aromatic N) is 4. The molecule has 0 aliphatic rings. The van der Waals surface area contributed by atoms with E-state index in [1.807, 2.05) is 26.0 Å². The Labute approximate surface area is 184 Å². The highest BCUT2D eigenvalue weighted by Gasteiger charge is 2.31. The summed E-state index contributed by atoms with van der Waals surface area (Å²) >= 11 is 0. The highest BCUT2D eigenvalue weighted by atomic mass is 19.4. The van der Waals surface area contributed by atoms with Crippen LogP contribution in [0.4, 0.5) is 13.2 Å². The lowest BCUT2D eigenvalue weighted by Crippen LogP contribution is -2.42. The number of rotatable bonds is 7. The molecule has 3 rings (SSSR count). The van der Waals surface area contributed by atoms with Crippen molar-refractivity contribution in [3.05, 3.63) is 71.7 Å². The molecule has 1 unspecified atom stereocenters. The number of carbonyl (C=O) groups is 1. The second-order valence-electron chi connectivity index (χ2n) is 7.26. The molecule has 2 aromatic heterocycles. The molecule has 6 nitrogen and oxygen atoms in total. The Morgan fingerprint density at radius 1 is 1.12 bits per heavy atom. The Morgan fingerprint density at radius 3 is 2.44 bits per heavy atom. The molecule has 9 heteroatoms. The number of alkyl halides is 3. The van der Waals surface area contributed by atoms with Crippen LogP contribution in [0.3, 0.4) is 0 Å². The number of amides is 1. The molecule has 0 fully saturated rings. The van der Waals surface area contributed by atoms with E-state index in [0.717, 1.165) is 17.8 Å². The first-order chi connectivity index (χ1) is 15.2. The minimum atomic E-state index is -4.46. The Hall–Kier alpha value is -3.49. The molecular formula is C23H23F3N4O2. The molecule has 0 bridgehead atoms. The molecule has 168 valence electrons. The first-order valence-electron chi connectivity index (χ1n) is 10.1. The second-order valence-corrected chi connectivity index (χ2v) is 7.26. The molecule has 0 aliphatic carbocycles. The van der Waals surface area contributed by atoms with Crippen LogP contribution in [0, 0.1) is 6.92 Å². The van der Waals surface area contributed by atoms with E-state index in [1.165, 1.54) is 6.07 Å². The minimum absolute atomic E-state index is 0.0577. The molecule has 0 radical (unpaired) electrons. The fourth-order valence-electron chi connectivity index (χ4n) is 3.21. The van der Waals surface area contributed by atoms with Crippen LogP contribution in [-0.4, -0.2) is 45.0 Å². The molecule has 3 aromatic rings. The second kappa shape index (κ2) is 9.76. The van der Waals surface area contributed by atoms with Crippen LogP contribution in [-0.2, 0) is 6.18 Å². The molecule has 1 aromatic carbocycles. The molecule has 0 saturated carbocycles. The first-order valence-corrected chi connectivity index (χ1v) is 10.1. The van der Waals surface area contributed by atoms with Gasteiger partial charge in [-0.05, 0) is 39.0 Å². The number of pyridine rings is 1. The van der Waals surface area contributed by atoms with Gasteiger partial charge in [0.15, 0.2) is 5.82 Å². The van der Waals surface area contributed by atoms with E-state index in [-0.39, 0.29) is 24.4 Å². The number of hydrogen-bond donors (Lipinski definition) is 0. The predicted molar refractivity (Wildman–Crippen MR) is 113 cm³/mol. The number of ether oxygens (including phenoxy) is 1. The smallest absolute Gasteiger partial charge is 0.417 e. The lowest BCUT2D eigenvalue weighted by atomic mass is 10.0. The van der Waals surface area contributed by atoms with Crippen LogP contribution in [0.25, 0.3) is 11.4 Å². The normalized spacial score (nSPS) is 12.3. The van der Waals surface area contributed by atoms with E-state index < -0.39 is 11.7 Å². The SMILES string of the molecule is CCN(C(=O)c1cc(C)ccc1-c1ncccn1)C(C)COc1ccc(C(F)(F)F)cn1. The zero-order valence-corrected chi connectivity index (χ0v) is 17.9. The van der Waals surface area contributed by atoms with Crippen LogP contribution in [0.15, 0.2) is 55.0 Å². The number of aryl methyl sites for hydroxylation is 1. The van der Waals surface area contributed by atoms with Crippen molar-refractivity contribution in [2.75, 3.05) is 13.2 Å². The van der Waals surface area contributed by atoms with Crippen molar-refractivity contribution in [1.29, 1.82) is 0 Å². The van der Waals surface area contributed by atoms with Crippen molar-refractivity contribution in [1.82, 2.24) is 19.9 Å². The first kappa shape index (κ1) is 23.2. The van der Waals surface area contributed by atoms with Crippen LogP contribution in [0.5, 0.6) is 5.88 Å². The van der Waals surface area contributed by atoms with Gasteiger partial charge in [0, 0.05) is 36.8 Å². The van der Waals surface area contributed by atoms with Gasteiger partial charge in [-0.15, -0.1) is 0 Å². The van der Waals surface area contributed by atoms with Gasteiger partial charge in [0.2, 0.25) is 5.88 Å². The summed E-state index contributed by atoms with van der Waals surface area (Å²) in [6.45, 7) is 6.03. The summed E-state index contributed by atoms with van der Waals surface area (Å²) in [7, 11) is 0. The van der Waals surface area contributed by atoms with Gasteiger partial charge in [0.1, 0.15) is 6.61 Å². The molecule has 0 aliphatic heterocycles. The van der Waals surface area contributed by atoms with Crippen molar-refractivity contribution >= 4 is 5.91 Å². The maximum absolute atomic E-state index is 13.4. The Balaban J connectivity index is 1.77. The topological polar surface area (TPSA) is 68.2 Å². The van der Waals surface area contributed by atoms with Crippen LogP contribution >= 0.6 is 0 Å². The summed E-state index contributed by atoms with van der Waals surface area (Å²) in [5.41, 5.74) is 1.16. The van der Waals surface area contributed by atoms with Gasteiger partial charge in [0.05, 0.1) is 17.2 Å². The van der Waals surface area contributed by atoms with Gasteiger partial charge in [-0.1, -0.05) is 17.7 Å². The van der Waals surface area contributed by atoms with Crippen molar-refractivity contribution in [2.24, 2.45) is 0 Å². The van der Waals surface area contributed by atoms with E-state index in [0.29, 0.717) is 23.5 Å². The molecule has 1 amide bonds. The monoisotopic (exact) mass is 444 g/mol. The average Bonchev–Trinajstić information content (AvgIpc) is 2.78. The van der Waals surface area contributed by atoms with Gasteiger partial charge < -0.3 is 9.64 Å². The van der Waals surface area contributed by atoms with E-state index in [9.17, 15) is 18.0 Å². The summed E-state index contributed by atoms with van der Waals surface area (Å²) in [5, 5.41) is 0. The zero-order valence-electron chi connectivity index (χ0n) is 17.9. The van der Waals surface area contributed by atoms with Crippen molar-refractivity contribution in [2.45, 2.75) is 33.0 Å². The van der Waals surface area contributed by atoms with Gasteiger partial charge in [-0.3, -0.25) is 4.79 Å². The largest absolute Gasteiger partial charge is 0.475 e. The Kier molecular flexibility index (Phi) is 7.07. The number of aromatic nitrogens is 3. The maximum atomic E-state index is 13.4. The van der Waals surface area contributed by atoms with Gasteiger partial charge in [0.25, 0.3) is 5.91 Å². The zero-order chi connectivity index (χ0) is 23.3. The molecule has 0 N–H and O–H groups in total. The third-order valence-electron chi connectivity index (χ3n) is 4.88. The van der Waals surface area contributed by atoms with Crippen LogP contribution in [0.1, 0.15) is 35.3 Å². The number of halogens is 3. The standard InChI is InChI=1S/C23H23F3N4O2/c1-4-30(16(3)14-32-20-9-7-17(13-29-20)23(24,25)26)22(31)19-12-15(2)6-8-18(19)21-27-10-5-11-28-21/h5-13,16H,4,14H2,1-3H3. The maximum Gasteiger partial charge on any atom is 0.417 e. The number of carbonyl (C=O) groups excluding carboxylic acids is 1. The molecular weight excluding hydrogens is 421 g/mol. The molecule has 32 heavy (non-hydrogen) atoms. The van der Waals surface area contributed by atoms with Crippen molar-refractivity contribution < 1.29 is 22.7 Å². The third-order valence-corrected chi connectivity index (χ3v) is 4.88. The lowest BCUT2D eigenvalue weighted by molar-refractivity contribution is -0.137. The average molecular weight is 444 g/mol. The van der Waals surface area contributed by atoms with E-state index >= 15 is 0 Å². The fraction of sp³-hybridized carbons (Fsp3) is 0.304. The lowest BCUT2D eigenvalue weighted by Gasteiger charge is -2.28. The summed E-state index contributed by atoms with van der Waals surface area (Å²) in [6.07, 6.45) is -0.511. The van der Waals surface area contributed by atoms with E-state index in [1.54, 1.807) is 36.4 Å². The van der Waals surface area contributed by atoms with Crippen molar-refractivity contribution in [3.8, 4) is 17.3 Å². The van der Waals surface area contributed by atoms with Gasteiger partial charge in [-0.2, -0.15) is 13.2 Å². The molecule has 2 heterocycles. The third kappa shape index (κ3) is 5.40. The number of likely N-dealkylation sites (N-methyl/N-ethyl adjacent to an activating group) is 1. The highest BCUT2D eigenvalue weighted by molar-refractivity contribution is 6.00. The number of benzene rings is 1. The summed E-state index contributed by atoms with van der Waals surface area (Å²) in [6, 6.07) is 8.92. The number of hydrogen-bond acceptors (Lipinski definition) is 5. The Bertz CT molecular complexity index is 1060. The molecule has 1 atom stereocenters. The van der Waals surface area contributed by atoms with E-state index in [4.69, 9.17) is 4.74 Å². The predicted octanol–water partition coefficient (Wildman–Crippen LogP) is 4.80. The summed E-state index contributed by atoms with van der Waals surface area (Å²) < 4.78 is 43.6. The van der Waals surface area contributed by atoms with E-state index in [2.05, 4.69) is 15.0 Å². The van der Waals surface area contributed by atoms with Gasteiger partial charge in [-0.25, -0.2) is 15.0 Å². The van der Waals surface area contributed by atoms with Crippen molar-refractivity contribution in [3.63, 3.8) is 0 Å². The summed E-state index contributed by atoms with van der Waals surface area (Å²) in [5.74, 6) is 0.294. The molecule has 0 saturated heterocycles. The molecule has 0 spiro atoms. The minimum Gasteiger partial charge on any atom is -0.475 e. The summed E-state index contributed by atoms with van der Waals surface area (Å²) in [4.78, 5) is 27.3. The quantitative estimate of drug-likeness (QED) is 0.524. The Morgan fingerprint density at radius 2 is 1.84 bits per heavy atom. The van der Waals surface area contributed by atoms with Gasteiger partial charge >= 0.3 is 6.18 Å². The fourth-order valence-corrected chi connectivity index (χ4v) is 3.21.